The van der Waals surface area contributed by atoms with Gasteiger partial charge in [-0.05, 0) is 48.6 Å². The quantitative estimate of drug-likeness (QED) is 0.212. The first-order valence-electron chi connectivity index (χ1n) is 7.27. The molecule has 0 atom stereocenters. The Hall–Kier alpha value is -1.48. The molecule has 130 valence electrons. The zero-order valence-electron chi connectivity index (χ0n) is 13.4. The normalized spacial score (nSPS) is 10.8. The zero-order valence-corrected chi connectivity index (χ0v) is 16.5. The highest BCUT2D eigenvalue weighted by molar-refractivity contribution is 14.0. The van der Waals surface area contributed by atoms with Gasteiger partial charge in [-0.1, -0.05) is 12.1 Å². The summed E-state index contributed by atoms with van der Waals surface area (Å²) in [6.07, 6.45) is 0.885. The molecule has 2 aromatic carbocycles. The first-order chi connectivity index (χ1) is 11.2. The van der Waals surface area contributed by atoms with Gasteiger partial charge >= 0.3 is 0 Å². The smallest absolute Gasteiger partial charge is 0.193 e. The van der Waals surface area contributed by atoms with E-state index in [4.69, 9.17) is 10.5 Å². The van der Waals surface area contributed by atoms with Crippen molar-refractivity contribution in [3.05, 3.63) is 54.3 Å². The lowest BCUT2D eigenvalue weighted by molar-refractivity contribution is 0.417. The molecule has 0 fully saturated rings. The van der Waals surface area contributed by atoms with E-state index in [1.807, 2.05) is 24.3 Å². The molecule has 0 radical (unpaired) electrons. The van der Waals surface area contributed by atoms with Gasteiger partial charge in [0.2, 0.25) is 0 Å². The zero-order chi connectivity index (χ0) is 16.5. The van der Waals surface area contributed by atoms with E-state index in [1.54, 1.807) is 31.0 Å². The van der Waals surface area contributed by atoms with Gasteiger partial charge in [-0.25, -0.2) is 4.39 Å². The highest BCUT2D eigenvalue weighted by Gasteiger charge is 2.02. The van der Waals surface area contributed by atoms with Crippen LogP contribution in [0.4, 0.5) is 10.1 Å². The van der Waals surface area contributed by atoms with E-state index < -0.39 is 0 Å². The fourth-order valence-electron chi connectivity index (χ4n) is 1.91. The number of guanidine groups is 1. The molecule has 0 amide bonds. The Morgan fingerprint density at radius 2 is 1.92 bits per heavy atom. The number of aliphatic imine (C=N–C) groups is 1. The maximum atomic E-state index is 12.8. The molecule has 0 unspecified atom stereocenters. The molecular formula is C17H21FIN3OS. The van der Waals surface area contributed by atoms with Gasteiger partial charge in [0.15, 0.2) is 5.96 Å². The third-order valence-corrected chi connectivity index (χ3v) is 4.13. The molecule has 0 aromatic heterocycles. The van der Waals surface area contributed by atoms with Gasteiger partial charge in [0, 0.05) is 11.4 Å². The Balaban J connectivity index is 0.00000288. The van der Waals surface area contributed by atoms with Gasteiger partial charge in [0.1, 0.15) is 11.6 Å². The standard InChI is InChI=1S/C17H20FN3OS.HI/c1-22-16-6-3-2-5-15(16)21-17(19)20-11-4-12-23-14-9-7-13(18)8-10-14;/h2-3,5-10H,4,11-12H2,1H3,(H3,19,20,21);1H. The van der Waals surface area contributed by atoms with Crippen LogP contribution in [0.2, 0.25) is 0 Å². The minimum Gasteiger partial charge on any atom is -0.495 e. The summed E-state index contributed by atoms with van der Waals surface area (Å²) in [6, 6.07) is 14.0. The minimum atomic E-state index is -0.214. The number of hydrogen-bond donors (Lipinski definition) is 2. The summed E-state index contributed by atoms with van der Waals surface area (Å²) < 4.78 is 18.0. The molecule has 0 heterocycles. The van der Waals surface area contributed by atoms with Gasteiger partial charge in [-0.3, -0.25) is 4.99 Å². The largest absolute Gasteiger partial charge is 0.495 e. The number of halogens is 2. The number of anilines is 1. The number of ether oxygens (including phenoxy) is 1. The van der Waals surface area contributed by atoms with Gasteiger partial charge in [-0.2, -0.15) is 0 Å². The molecule has 24 heavy (non-hydrogen) atoms. The number of methoxy groups -OCH3 is 1. The van der Waals surface area contributed by atoms with Crippen LogP contribution >= 0.6 is 35.7 Å². The Kier molecular flexibility index (Phi) is 9.55. The Morgan fingerprint density at radius 1 is 1.21 bits per heavy atom. The van der Waals surface area contributed by atoms with E-state index in [9.17, 15) is 4.39 Å². The fourth-order valence-corrected chi connectivity index (χ4v) is 2.75. The van der Waals surface area contributed by atoms with E-state index in [0.717, 1.165) is 28.5 Å². The Bertz CT molecular complexity index is 653. The fraction of sp³-hybridized carbons (Fsp3) is 0.235. The molecule has 0 aliphatic carbocycles. The van der Waals surface area contributed by atoms with Gasteiger partial charge in [0.25, 0.3) is 0 Å². The molecule has 0 spiro atoms. The minimum absolute atomic E-state index is 0. The molecule has 2 rings (SSSR count). The molecule has 0 saturated heterocycles. The van der Waals surface area contributed by atoms with Crippen LogP contribution in [0.5, 0.6) is 5.75 Å². The van der Waals surface area contributed by atoms with E-state index in [1.165, 1.54) is 12.1 Å². The molecule has 2 aromatic rings. The Labute approximate surface area is 163 Å². The number of hydrogen-bond acceptors (Lipinski definition) is 3. The van der Waals surface area contributed by atoms with E-state index in [2.05, 4.69) is 10.3 Å². The third kappa shape index (κ3) is 6.96. The van der Waals surface area contributed by atoms with Crippen LogP contribution in [-0.4, -0.2) is 25.4 Å². The van der Waals surface area contributed by atoms with Crippen molar-refractivity contribution in [1.29, 1.82) is 0 Å². The van der Waals surface area contributed by atoms with Crippen molar-refractivity contribution in [1.82, 2.24) is 0 Å². The summed E-state index contributed by atoms with van der Waals surface area (Å²) in [7, 11) is 1.61. The van der Waals surface area contributed by atoms with Crippen molar-refractivity contribution in [2.75, 3.05) is 24.7 Å². The molecule has 0 saturated carbocycles. The van der Waals surface area contributed by atoms with Crippen molar-refractivity contribution in [3.63, 3.8) is 0 Å². The number of nitrogens with two attached hydrogens (primary N) is 1. The lowest BCUT2D eigenvalue weighted by atomic mass is 10.3. The van der Waals surface area contributed by atoms with Crippen LogP contribution in [0.15, 0.2) is 58.4 Å². The predicted octanol–water partition coefficient (Wildman–Crippen LogP) is 4.36. The van der Waals surface area contributed by atoms with E-state index in [0.29, 0.717) is 12.5 Å². The van der Waals surface area contributed by atoms with Crippen LogP contribution in [0.1, 0.15) is 6.42 Å². The highest BCUT2D eigenvalue weighted by atomic mass is 127. The Morgan fingerprint density at radius 3 is 2.62 bits per heavy atom. The maximum absolute atomic E-state index is 12.8. The second kappa shape index (κ2) is 11.1. The van der Waals surface area contributed by atoms with Crippen LogP contribution in [0.3, 0.4) is 0 Å². The number of para-hydroxylation sites is 2. The van der Waals surface area contributed by atoms with Crippen molar-refractivity contribution in [3.8, 4) is 5.75 Å². The van der Waals surface area contributed by atoms with Gasteiger partial charge in [0.05, 0.1) is 12.8 Å². The van der Waals surface area contributed by atoms with E-state index in [-0.39, 0.29) is 29.8 Å². The average molecular weight is 461 g/mol. The van der Waals surface area contributed by atoms with Crippen molar-refractivity contribution < 1.29 is 9.13 Å². The summed E-state index contributed by atoms with van der Waals surface area (Å²) in [6.45, 7) is 0.627. The SMILES string of the molecule is COc1ccccc1NC(N)=NCCCSc1ccc(F)cc1.I. The van der Waals surface area contributed by atoms with Crippen molar-refractivity contribution in [2.45, 2.75) is 11.3 Å². The van der Waals surface area contributed by atoms with Crippen LogP contribution in [-0.2, 0) is 0 Å². The molecular weight excluding hydrogens is 440 g/mol. The van der Waals surface area contributed by atoms with Crippen molar-refractivity contribution >= 4 is 47.4 Å². The summed E-state index contributed by atoms with van der Waals surface area (Å²) in [5.74, 6) is 1.77. The van der Waals surface area contributed by atoms with Crippen LogP contribution in [0, 0.1) is 5.82 Å². The number of nitrogens with zero attached hydrogens (tertiary/aromatic N) is 1. The summed E-state index contributed by atoms with van der Waals surface area (Å²) in [5.41, 5.74) is 6.66. The topological polar surface area (TPSA) is 59.6 Å². The monoisotopic (exact) mass is 461 g/mol. The number of benzene rings is 2. The van der Waals surface area contributed by atoms with Crippen LogP contribution < -0.4 is 15.8 Å². The molecule has 0 aliphatic heterocycles. The third-order valence-electron chi connectivity index (χ3n) is 3.04. The summed E-state index contributed by atoms with van der Waals surface area (Å²) in [4.78, 5) is 5.35. The number of thioether (sulfide) groups is 1. The maximum Gasteiger partial charge on any atom is 0.193 e. The molecule has 7 heteroatoms. The number of nitrogens with one attached hydrogen (secondary N) is 1. The lowest BCUT2D eigenvalue weighted by Crippen LogP contribution is -2.23. The predicted molar refractivity (Wildman–Crippen MR) is 110 cm³/mol. The average Bonchev–Trinajstić information content (AvgIpc) is 2.57. The molecule has 4 nitrogen and oxygen atoms in total. The number of rotatable bonds is 7. The van der Waals surface area contributed by atoms with Crippen molar-refractivity contribution in [2.24, 2.45) is 10.7 Å². The lowest BCUT2D eigenvalue weighted by Gasteiger charge is -2.10. The highest BCUT2D eigenvalue weighted by Crippen LogP contribution is 2.22. The van der Waals surface area contributed by atoms with Gasteiger partial charge in [-0.15, -0.1) is 35.7 Å². The van der Waals surface area contributed by atoms with Crippen LogP contribution in [0.25, 0.3) is 0 Å². The second-order valence-electron chi connectivity index (χ2n) is 4.75. The first-order valence-corrected chi connectivity index (χ1v) is 8.26. The summed E-state index contributed by atoms with van der Waals surface area (Å²) in [5, 5.41) is 3.03. The van der Waals surface area contributed by atoms with E-state index >= 15 is 0 Å². The molecule has 3 N–H and O–H groups in total. The first kappa shape index (κ1) is 20.6. The molecule has 0 aliphatic rings. The summed E-state index contributed by atoms with van der Waals surface area (Å²) >= 11 is 1.67. The molecule has 0 bridgehead atoms. The second-order valence-corrected chi connectivity index (χ2v) is 5.92. The van der Waals surface area contributed by atoms with Gasteiger partial charge < -0.3 is 15.8 Å².